The number of nitrogens with zero attached hydrogens (tertiary/aromatic N) is 2. The van der Waals surface area contributed by atoms with E-state index in [4.69, 9.17) is 0 Å². The number of benzene rings is 1. The summed E-state index contributed by atoms with van der Waals surface area (Å²) in [6, 6.07) is 7.86. The highest BCUT2D eigenvalue weighted by molar-refractivity contribution is 7.99. The topological polar surface area (TPSA) is 42.4 Å². The first-order valence-corrected chi connectivity index (χ1v) is 8.03. The van der Waals surface area contributed by atoms with E-state index in [2.05, 4.69) is 9.72 Å². The average Bonchev–Trinajstić information content (AvgIpc) is 2.54. The minimum atomic E-state index is -4.78. The van der Waals surface area contributed by atoms with Crippen LogP contribution in [0, 0.1) is 0 Å². The van der Waals surface area contributed by atoms with Crippen LogP contribution in [0.15, 0.2) is 47.6 Å². The Morgan fingerprint density at radius 3 is 2.46 bits per heavy atom. The van der Waals surface area contributed by atoms with Crippen molar-refractivity contribution in [1.29, 1.82) is 0 Å². The monoisotopic (exact) mass is 392 g/mol. The van der Waals surface area contributed by atoms with Gasteiger partial charge in [-0.25, -0.2) is 4.98 Å². The standard InChI is InChI=1S/C16H13F5N2O2S/c1-23(9-10-4-6-11(7-5-10)25-16(19,20)21)14(24)12-3-2-8-22-13(12)26-15(17)18/h2-8,15H,9H2,1H3. The van der Waals surface area contributed by atoms with Crippen LogP contribution in [-0.4, -0.2) is 35.0 Å². The Balaban J connectivity index is 2.08. The van der Waals surface area contributed by atoms with Gasteiger partial charge in [0, 0.05) is 19.8 Å². The number of hydrogen-bond acceptors (Lipinski definition) is 4. The van der Waals surface area contributed by atoms with E-state index in [1.165, 1.54) is 42.4 Å². The molecule has 2 rings (SSSR count). The number of pyridine rings is 1. The molecule has 0 unspecified atom stereocenters. The summed E-state index contributed by atoms with van der Waals surface area (Å²) >= 11 is 0.169. The first-order chi connectivity index (χ1) is 12.2. The Hall–Kier alpha value is -2.36. The molecule has 1 amide bonds. The Morgan fingerprint density at radius 1 is 1.23 bits per heavy atom. The van der Waals surface area contributed by atoms with Crippen LogP contribution in [0.1, 0.15) is 15.9 Å². The molecule has 0 atom stereocenters. The van der Waals surface area contributed by atoms with Crippen LogP contribution in [0.4, 0.5) is 22.0 Å². The molecule has 1 aromatic carbocycles. The van der Waals surface area contributed by atoms with Crippen molar-refractivity contribution in [2.75, 3.05) is 7.05 Å². The smallest absolute Gasteiger partial charge is 0.406 e. The highest BCUT2D eigenvalue weighted by Crippen LogP contribution is 2.27. The zero-order valence-corrected chi connectivity index (χ0v) is 14.2. The average molecular weight is 392 g/mol. The predicted octanol–water partition coefficient (Wildman–Crippen LogP) is 4.57. The number of carbonyl (C=O) groups excluding carboxylic acids is 1. The van der Waals surface area contributed by atoms with Gasteiger partial charge in [0.2, 0.25) is 0 Å². The van der Waals surface area contributed by atoms with E-state index in [1.807, 2.05) is 0 Å². The van der Waals surface area contributed by atoms with Crippen molar-refractivity contribution in [2.45, 2.75) is 23.7 Å². The Bertz CT molecular complexity index is 753. The lowest BCUT2D eigenvalue weighted by molar-refractivity contribution is -0.274. The van der Waals surface area contributed by atoms with Gasteiger partial charge in [0.25, 0.3) is 11.7 Å². The van der Waals surface area contributed by atoms with Crippen LogP contribution < -0.4 is 4.74 Å². The third kappa shape index (κ3) is 5.87. The SMILES string of the molecule is CN(Cc1ccc(OC(F)(F)F)cc1)C(=O)c1cccnc1SC(F)F. The van der Waals surface area contributed by atoms with Gasteiger partial charge in [0.05, 0.1) is 5.56 Å². The summed E-state index contributed by atoms with van der Waals surface area (Å²) in [5, 5.41) is -0.0896. The molecule has 140 valence electrons. The predicted molar refractivity (Wildman–Crippen MR) is 85.0 cm³/mol. The van der Waals surface area contributed by atoms with Crippen molar-refractivity contribution in [3.05, 3.63) is 53.7 Å². The Morgan fingerprint density at radius 2 is 1.88 bits per heavy atom. The number of amides is 1. The Labute approximate surface area is 150 Å². The zero-order valence-electron chi connectivity index (χ0n) is 13.3. The van der Waals surface area contributed by atoms with E-state index >= 15 is 0 Å². The van der Waals surface area contributed by atoms with Gasteiger partial charge in [-0.1, -0.05) is 12.1 Å². The van der Waals surface area contributed by atoms with Crippen molar-refractivity contribution in [3.8, 4) is 5.75 Å². The van der Waals surface area contributed by atoms with Crippen molar-refractivity contribution in [3.63, 3.8) is 0 Å². The maximum absolute atomic E-state index is 12.6. The largest absolute Gasteiger partial charge is 0.573 e. The molecule has 1 aromatic heterocycles. The fraction of sp³-hybridized carbons (Fsp3) is 0.250. The number of ether oxygens (including phenoxy) is 1. The van der Waals surface area contributed by atoms with Crippen LogP contribution in [0.25, 0.3) is 0 Å². The maximum Gasteiger partial charge on any atom is 0.573 e. The number of aromatic nitrogens is 1. The molecular formula is C16H13F5N2O2S. The summed E-state index contributed by atoms with van der Waals surface area (Å²) in [6.07, 6.45) is -3.48. The van der Waals surface area contributed by atoms with Crippen molar-refractivity contribution >= 4 is 17.7 Å². The first kappa shape index (κ1) is 20.0. The molecule has 10 heteroatoms. The number of hydrogen-bond donors (Lipinski definition) is 0. The van der Waals surface area contributed by atoms with E-state index in [9.17, 15) is 26.7 Å². The quantitative estimate of drug-likeness (QED) is 0.534. The van der Waals surface area contributed by atoms with E-state index < -0.39 is 18.0 Å². The van der Waals surface area contributed by atoms with Gasteiger partial charge >= 0.3 is 6.36 Å². The lowest BCUT2D eigenvalue weighted by Crippen LogP contribution is -2.27. The van der Waals surface area contributed by atoms with Crippen molar-refractivity contribution in [2.24, 2.45) is 0 Å². The summed E-state index contributed by atoms with van der Waals surface area (Å²) in [6.45, 7) is 0.0683. The summed E-state index contributed by atoms with van der Waals surface area (Å²) in [5.41, 5.74) is 0.569. The molecule has 0 fully saturated rings. The summed E-state index contributed by atoms with van der Waals surface area (Å²) in [7, 11) is 1.45. The molecule has 0 bridgehead atoms. The minimum Gasteiger partial charge on any atom is -0.406 e. The van der Waals surface area contributed by atoms with Crippen LogP contribution in [0.5, 0.6) is 5.75 Å². The van der Waals surface area contributed by atoms with Crippen molar-refractivity contribution < 1.29 is 31.5 Å². The molecule has 0 saturated heterocycles. The summed E-state index contributed by atoms with van der Waals surface area (Å²) in [5.74, 6) is -3.63. The number of alkyl halides is 5. The van der Waals surface area contributed by atoms with Gasteiger partial charge in [-0.3, -0.25) is 4.79 Å². The number of halogens is 5. The third-order valence-corrected chi connectivity index (χ3v) is 3.85. The molecule has 26 heavy (non-hydrogen) atoms. The van der Waals surface area contributed by atoms with Gasteiger partial charge in [0.15, 0.2) is 0 Å². The molecule has 0 aliphatic heterocycles. The number of thioether (sulfide) groups is 1. The second-order valence-corrected chi connectivity index (χ2v) is 6.07. The van der Waals surface area contributed by atoms with E-state index in [0.717, 1.165) is 12.1 Å². The van der Waals surface area contributed by atoms with Crippen LogP contribution in [0.3, 0.4) is 0 Å². The van der Waals surface area contributed by atoms with Crippen molar-refractivity contribution in [1.82, 2.24) is 9.88 Å². The van der Waals surface area contributed by atoms with E-state index in [1.54, 1.807) is 0 Å². The first-order valence-electron chi connectivity index (χ1n) is 7.15. The molecule has 0 radical (unpaired) electrons. The van der Waals surface area contributed by atoms with Gasteiger partial charge in [-0.2, -0.15) is 8.78 Å². The molecule has 0 aliphatic carbocycles. The minimum absolute atomic E-state index is 0.0253. The fourth-order valence-corrected chi connectivity index (χ4v) is 2.65. The van der Waals surface area contributed by atoms with Gasteiger partial charge in [-0.05, 0) is 41.6 Å². The number of rotatable bonds is 6. The molecule has 4 nitrogen and oxygen atoms in total. The highest BCUT2D eigenvalue weighted by atomic mass is 32.2. The molecule has 2 aromatic rings. The fourth-order valence-electron chi connectivity index (χ4n) is 2.08. The maximum atomic E-state index is 12.6. The van der Waals surface area contributed by atoms with Gasteiger partial charge < -0.3 is 9.64 Å². The van der Waals surface area contributed by atoms with Crippen LogP contribution in [-0.2, 0) is 6.54 Å². The van der Waals surface area contributed by atoms with E-state index in [0.29, 0.717) is 5.56 Å². The highest BCUT2D eigenvalue weighted by Gasteiger charge is 2.31. The lowest BCUT2D eigenvalue weighted by atomic mass is 10.2. The second kappa shape index (κ2) is 8.35. The van der Waals surface area contributed by atoms with Gasteiger partial charge in [-0.15, -0.1) is 13.2 Å². The molecule has 0 saturated carbocycles. The van der Waals surface area contributed by atoms with Crippen LogP contribution >= 0.6 is 11.8 Å². The molecule has 0 aliphatic rings. The third-order valence-electron chi connectivity index (χ3n) is 3.13. The molecule has 0 spiro atoms. The second-order valence-electron chi connectivity index (χ2n) is 5.09. The molecular weight excluding hydrogens is 379 g/mol. The summed E-state index contributed by atoms with van der Waals surface area (Å²) in [4.78, 5) is 17.5. The molecule has 0 N–H and O–H groups in total. The normalized spacial score (nSPS) is 11.5. The van der Waals surface area contributed by atoms with Crippen LogP contribution in [0.2, 0.25) is 0 Å². The van der Waals surface area contributed by atoms with E-state index in [-0.39, 0.29) is 34.6 Å². The molecule has 1 heterocycles. The lowest BCUT2D eigenvalue weighted by Gasteiger charge is -2.19. The van der Waals surface area contributed by atoms with Gasteiger partial charge in [0.1, 0.15) is 10.8 Å². The zero-order chi connectivity index (χ0) is 19.3. The number of carbonyl (C=O) groups is 1. The Kier molecular flexibility index (Phi) is 6.41. The summed E-state index contributed by atoms with van der Waals surface area (Å²) < 4.78 is 65.3.